The van der Waals surface area contributed by atoms with Crippen molar-refractivity contribution in [3.05, 3.63) is 29.8 Å². The van der Waals surface area contributed by atoms with Crippen molar-refractivity contribution in [3.63, 3.8) is 0 Å². The molecular weight excluding hydrogens is 312 g/mol. The first kappa shape index (κ1) is 17.9. The Kier molecular flexibility index (Phi) is 6.59. The molecule has 5 nitrogen and oxygen atoms in total. The van der Waals surface area contributed by atoms with Crippen LogP contribution in [0.25, 0.3) is 0 Å². The Morgan fingerprint density at radius 3 is 2.39 bits per heavy atom. The normalized spacial score (nSPS) is 16.2. The van der Waals surface area contributed by atoms with Gasteiger partial charge in [0.25, 0.3) is 0 Å². The van der Waals surface area contributed by atoms with Gasteiger partial charge in [-0.05, 0) is 37.0 Å². The van der Waals surface area contributed by atoms with Crippen molar-refractivity contribution in [3.8, 4) is 0 Å². The van der Waals surface area contributed by atoms with E-state index in [0.717, 1.165) is 18.4 Å². The van der Waals surface area contributed by atoms with Crippen LogP contribution in [0.1, 0.15) is 51.0 Å². The summed E-state index contributed by atoms with van der Waals surface area (Å²) in [5.41, 5.74) is 0.972. The SMILES string of the molecule is CCNS(=O)(=O)c1ccc(CCC(=O)NC2CCCCC2)cc1. The summed E-state index contributed by atoms with van der Waals surface area (Å²) < 4.78 is 26.2. The maximum Gasteiger partial charge on any atom is 0.240 e. The second kappa shape index (κ2) is 8.45. The Hall–Kier alpha value is -1.40. The average molecular weight is 338 g/mol. The molecule has 6 heteroatoms. The van der Waals surface area contributed by atoms with Gasteiger partial charge in [-0.3, -0.25) is 4.79 Å². The predicted molar refractivity (Wildman–Crippen MR) is 90.6 cm³/mol. The zero-order valence-electron chi connectivity index (χ0n) is 13.7. The third kappa shape index (κ3) is 5.62. The fourth-order valence-corrected chi connectivity index (χ4v) is 3.95. The summed E-state index contributed by atoms with van der Waals surface area (Å²) in [6.45, 7) is 2.11. The molecule has 1 aliphatic rings. The van der Waals surface area contributed by atoms with Crippen LogP contribution in [-0.2, 0) is 21.2 Å². The summed E-state index contributed by atoms with van der Waals surface area (Å²) in [6.07, 6.45) is 6.91. The molecule has 0 unspecified atom stereocenters. The van der Waals surface area contributed by atoms with Crippen LogP contribution in [0.2, 0.25) is 0 Å². The highest BCUT2D eigenvalue weighted by Crippen LogP contribution is 2.17. The van der Waals surface area contributed by atoms with Crippen molar-refractivity contribution in [2.45, 2.75) is 62.8 Å². The maximum atomic E-state index is 12.0. The minimum absolute atomic E-state index is 0.0845. The van der Waals surface area contributed by atoms with Crippen molar-refractivity contribution >= 4 is 15.9 Å². The first-order valence-electron chi connectivity index (χ1n) is 8.39. The second-order valence-corrected chi connectivity index (χ2v) is 7.81. The van der Waals surface area contributed by atoms with Crippen LogP contribution >= 0.6 is 0 Å². The predicted octanol–water partition coefficient (Wildman–Crippen LogP) is 2.37. The molecule has 128 valence electrons. The Labute approximate surface area is 138 Å². The van der Waals surface area contributed by atoms with Crippen molar-refractivity contribution in [1.82, 2.24) is 10.0 Å². The van der Waals surface area contributed by atoms with E-state index in [-0.39, 0.29) is 10.8 Å². The zero-order valence-corrected chi connectivity index (χ0v) is 14.5. The van der Waals surface area contributed by atoms with Crippen molar-refractivity contribution in [1.29, 1.82) is 0 Å². The maximum absolute atomic E-state index is 12.0. The molecule has 0 spiro atoms. The molecule has 1 aromatic rings. The standard InChI is InChI=1S/C17H26N2O3S/c1-2-18-23(21,22)16-11-8-14(9-12-16)10-13-17(20)19-15-6-4-3-5-7-15/h8-9,11-12,15,18H,2-7,10,13H2,1H3,(H,19,20). The van der Waals surface area contributed by atoms with Crippen LogP contribution in [0.3, 0.4) is 0 Å². The van der Waals surface area contributed by atoms with E-state index in [1.807, 2.05) is 0 Å². The van der Waals surface area contributed by atoms with Crippen LogP contribution in [0.5, 0.6) is 0 Å². The Balaban J connectivity index is 1.82. The minimum atomic E-state index is -3.41. The van der Waals surface area contributed by atoms with Gasteiger partial charge in [-0.15, -0.1) is 0 Å². The topological polar surface area (TPSA) is 75.3 Å². The molecule has 23 heavy (non-hydrogen) atoms. The molecule has 2 N–H and O–H groups in total. The van der Waals surface area contributed by atoms with Gasteiger partial charge in [0.15, 0.2) is 0 Å². The van der Waals surface area contributed by atoms with Crippen LogP contribution in [0.4, 0.5) is 0 Å². The molecule has 0 aromatic heterocycles. The number of benzene rings is 1. The molecule has 0 saturated heterocycles. The van der Waals surface area contributed by atoms with Gasteiger partial charge in [-0.25, -0.2) is 13.1 Å². The van der Waals surface area contributed by atoms with Crippen molar-refractivity contribution in [2.75, 3.05) is 6.54 Å². The molecule has 1 saturated carbocycles. The number of carbonyl (C=O) groups is 1. The van der Waals surface area contributed by atoms with Gasteiger partial charge in [0.2, 0.25) is 15.9 Å². The van der Waals surface area contributed by atoms with E-state index in [9.17, 15) is 13.2 Å². The van der Waals surface area contributed by atoms with Crippen LogP contribution in [0, 0.1) is 0 Å². The minimum Gasteiger partial charge on any atom is -0.353 e. The number of sulfonamides is 1. The molecule has 1 aromatic carbocycles. The molecule has 0 bridgehead atoms. The first-order valence-corrected chi connectivity index (χ1v) is 9.87. The highest BCUT2D eigenvalue weighted by molar-refractivity contribution is 7.89. The van der Waals surface area contributed by atoms with Gasteiger partial charge < -0.3 is 5.32 Å². The number of hydrogen-bond acceptors (Lipinski definition) is 3. The summed E-state index contributed by atoms with van der Waals surface area (Å²) in [4.78, 5) is 12.2. The molecular formula is C17H26N2O3S. The zero-order chi connectivity index (χ0) is 16.7. The number of aryl methyl sites for hydroxylation is 1. The smallest absolute Gasteiger partial charge is 0.240 e. The molecule has 1 amide bonds. The number of rotatable bonds is 7. The van der Waals surface area contributed by atoms with E-state index < -0.39 is 10.0 Å². The van der Waals surface area contributed by atoms with Gasteiger partial charge in [0.1, 0.15) is 0 Å². The van der Waals surface area contributed by atoms with E-state index in [1.165, 1.54) is 19.3 Å². The molecule has 0 atom stereocenters. The van der Waals surface area contributed by atoms with Gasteiger partial charge in [0.05, 0.1) is 4.90 Å². The highest BCUT2D eigenvalue weighted by atomic mass is 32.2. The Morgan fingerprint density at radius 2 is 1.78 bits per heavy atom. The van der Waals surface area contributed by atoms with E-state index in [1.54, 1.807) is 31.2 Å². The number of nitrogens with one attached hydrogen (secondary N) is 2. The van der Waals surface area contributed by atoms with Crippen molar-refractivity contribution in [2.24, 2.45) is 0 Å². The van der Waals surface area contributed by atoms with E-state index in [4.69, 9.17) is 0 Å². The average Bonchev–Trinajstić information content (AvgIpc) is 2.54. The molecule has 1 aliphatic carbocycles. The lowest BCUT2D eigenvalue weighted by Crippen LogP contribution is -2.36. The summed E-state index contributed by atoms with van der Waals surface area (Å²) in [6, 6.07) is 7.07. The lowest BCUT2D eigenvalue weighted by atomic mass is 9.95. The fraction of sp³-hybridized carbons (Fsp3) is 0.588. The summed E-state index contributed by atoms with van der Waals surface area (Å²) >= 11 is 0. The molecule has 1 fully saturated rings. The summed E-state index contributed by atoms with van der Waals surface area (Å²) in [5, 5.41) is 3.10. The molecule has 0 aliphatic heterocycles. The first-order chi connectivity index (χ1) is 11.0. The summed E-state index contributed by atoms with van der Waals surface area (Å²) in [5.74, 6) is 0.0845. The number of carbonyl (C=O) groups excluding carboxylic acids is 1. The Bertz CT molecular complexity index is 605. The van der Waals surface area contributed by atoms with E-state index >= 15 is 0 Å². The lowest BCUT2D eigenvalue weighted by Gasteiger charge is -2.22. The highest BCUT2D eigenvalue weighted by Gasteiger charge is 2.16. The van der Waals surface area contributed by atoms with Gasteiger partial charge in [-0.2, -0.15) is 0 Å². The second-order valence-electron chi connectivity index (χ2n) is 6.05. The van der Waals surface area contributed by atoms with Gasteiger partial charge >= 0.3 is 0 Å². The molecule has 2 rings (SSSR count). The van der Waals surface area contributed by atoms with Crippen molar-refractivity contribution < 1.29 is 13.2 Å². The quantitative estimate of drug-likeness (QED) is 0.801. The van der Waals surface area contributed by atoms with Gasteiger partial charge in [0, 0.05) is 19.0 Å². The number of amides is 1. The molecule has 0 radical (unpaired) electrons. The molecule has 0 heterocycles. The van der Waals surface area contributed by atoms with Crippen LogP contribution in [-0.4, -0.2) is 26.9 Å². The van der Waals surface area contributed by atoms with E-state index in [0.29, 0.717) is 25.4 Å². The lowest BCUT2D eigenvalue weighted by molar-refractivity contribution is -0.121. The third-order valence-corrected chi connectivity index (χ3v) is 5.74. The van der Waals surface area contributed by atoms with Crippen LogP contribution < -0.4 is 10.0 Å². The fourth-order valence-electron chi connectivity index (χ4n) is 2.91. The number of hydrogen-bond donors (Lipinski definition) is 2. The Morgan fingerprint density at radius 1 is 1.13 bits per heavy atom. The van der Waals surface area contributed by atoms with E-state index in [2.05, 4.69) is 10.0 Å². The third-order valence-electron chi connectivity index (χ3n) is 4.18. The monoisotopic (exact) mass is 338 g/mol. The summed E-state index contributed by atoms with van der Waals surface area (Å²) in [7, 11) is -3.41. The van der Waals surface area contributed by atoms with Crippen LogP contribution in [0.15, 0.2) is 29.2 Å². The van der Waals surface area contributed by atoms with Gasteiger partial charge in [-0.1, -0.05) is 38.3 Å². The largest absolute Gasteiger partial charge is 0.353 e.